The number of aromatic amines is 1. The van der Waals surface area contributed by atoms with E-state index in [1.807, 2.05) is 4.90 Å². The molecule has 0 unspecified atom stereocenters. The standard InChI is InChI=1S/C19H28N4O4/c1-13(2)15-12-22(10-7-18(26)23(15)11-14-3-4-14)17(25)6-9-21-8-5-16(24)20-19(21)27/h5,8,13-15H,3-4,6-7,9-12H2,1-2H3,(H,20,24,27)/t15-/m0/s1. The van der Waals surface area contributed by atoms with Crippen molar-refractivity contribution in [2.45, 2.75) is 52.1 Å². The van der Waals surface area contributed by atoms with Crippen LogP contribution in [0.2, 0.25) is 0 Å². The Bertz CT molecular complexity index is 808. The summed E-state index contributed by atoms with van der Waals surface area (Å²) in [5.74, 6) is 0.944. The van der Waals surface area contributed by atoms with Crippen molar-refractivity contribution in [3.8, 4) is 0 Å². The van der Waals surface area contributed by atoms with Gasteiger partial charge < -0.3 is 14.4 Å². The molecular weight excluding hydrogens is 348 g/mol. The van der Waals surface area contributed by atoms with Crippen LogP contribution >= 0.6 is 0 Å². The van der Waals surface area contributed by atoms with Crippen LogP contribution < -0.4 is 11.2 Å². The average molecular weight is 376 g/mol. The minimum absolute atomic E-state index is 0.0281. The van der Waals surface area contributed by atoms with Gasteiger partial charge in [-0.05, 0) is 24.7 Å². The van der Waals surface area contributed by atoms with Crippen molar-refractivity contribution in [2.75, 3.05) is 19.6 Å². The molecule has 1 aliphatic carbocycles. The molecule has 1 aromatic heterocycles. The molecule has 0 bridgehead atoms. The molecule has 1 N–H and O–H groups in total. The molecule has 3 rings (SSSR count). The predicted octanol–water partition coefficient (Wildman–Crippen LogP) is 0.422. The third-order valence-corrected chi connectivity index (χ3v) is 5.46. The van der Waals surface area contributed by atoms with Crippen LogP contribution in [0, 0.1) is 11.8 Å². The van der Waals surface area contributed by atoms with Crippen molar-refractivity contribution >= 4 is 11.8 Å². The van der Waals surface area contributed by atoms with E-state index in [4.69, 9.17) is 0 Å². The van der Waals surface area contributed by atoms with Gasteiger partial charge in [0.25, 0.3) is 5.56 Å². The van der Waals surface area contributed by atoms with Crippen molar-refractivity contribution in [3.63, 3.8) is 0 Å². The number of H-pyrrole nitrogens is 1. The Morgan fingerprint density at radius 2 is 2.00 bits per heavy atom. The van der Waals surface area contributed by atoms with Crippen LogP contribution in [0.5, 0.6) is 0 Å². The highest BCUT2D eigenvalue weighted by Gasteiger charge is 2.36. The van der Waals surface area contributed by atoms with E-state index in [1.165, 1.54) is 29.7 Å². The van der Waals surface area contributed by atoms with Gasteiger partial charge in [0.2, 0.25) is 11.8 Å². The number of aryl methyl sites for hydroxylation is 1. The molecule has 2 fully saturated rings. The van der Waals surface area contributed by atoms with Gasteiger partial charge in [0.15, 0.2) is 0 Å². The van der Waals surface area contributed by atoms with Gasteiger partial charge in [-0.3, -0.25) is 19.4 Å². The molecule has 8 nitrogen and oxygen atoms in total. The summed E-state index contributed by atoms with van der Waals surface area (Å²) in [5.41, 5.74) is -0.971. The Labute approximate surface area is 158 Å². The highest BCUT2D eigenvalue weighted by Crippen LogP contribution is 2.32. The van der Waals surface area contributed by atoms with E-state index in [-0.39, 0.29) is 36.7 Å². The van der Waals surface area contributed by atoms with Gasteiger partial charge >= 0.3 is 5.69 Å². The Morgan fingerprint density at radius 1 is 1.26 bits per heavy atom. The van der Waals surface area contributed by atoms with Gasteiger partial charge in [-0.2, -0.15) is 0 Å². The second kappa shape index (κ2) is 8.10. The second-order valence-electron chi connectivity index (χ2n) is 7.94. The van der Waals surface area contributed by atoms with Gasteiger partial charge in [0.1, 0.15) is 0 Å². The summed E-state index contributed by atoms with van der Waals surface area (Å²) in [6.45, 7) is 6.14. The molecule has 2 aliphatic rings. The summed E-state index contributed by atoms with van der Waals surface area (Å²) in [6, 6.07) is 1.29. The Morgan fingerprint density at radius 3 is 2.63 bits per heavy atom. The van der Waals surface area contributed by atoms with Gasteiger partial charge in [-0.25, -0.2) is 4.79 Å². The molecule has 1 saturated heterocycles. The zero-order valence-corrected chi connectivity index (χ0v) is 16.0. The van der Waals surface area contributed by atoms with E-state index in [0.717, 1.165) is 6.54 Å². The molecular formula is C19H28N4O4. The normalized spacial score (nSPS) is 20.9. The first-order chi connectivity index (χ1) is 12.8. The van der Waals surface area contributed by atoms with Crippen LogP contribution in [0.3, 0.4) is 0 Å². The predicted molar refractivity (Wildman–Crippen MR) is 100 cm³/mol. The van der Waals surface area contributed by atoms with Crippen molar-refractivity contribution in [1.29, 1.82) is 0 Å². The zero-order valence-electron chi connectivity index (χ0n) is 16.0. The smallest absolute Gasteiger partial charge is 0.328 e. The van der Waals surface area contributed by atoms with E-state index in [1.54, 1.807) is 4.90 Å². The van der Waals surface area contributed by atoms with Crippen LogP contribution in [0.4, 0.5) is 0 Å². The van der Waals surface area contributed by atoms with Crippen LogP contribution in [-0.2, 0) is 16.1 Å². The van der Waals surface area contributed by atoms with Gasteiger partial charge in [-0.1, -0.05) is 13.8 Å². The number of hydrogen-bond donors (Lipinski definition) is 1. The number of hydrogen-bond acceptors (Lipinski definition) is 4. The minimum Gasteiger partial charge on any atom is -0.340 e. The number of carbonyl (C=O) groups is 2. The molecule has 0 spiro atoms. The fourth-order valence-electron chi connectivity index (χ4n) is 3.58. The van der Waals surface area contributed by atoms with Gasteiger partial charge in [0, 0.05) is 51.3 Å². The number of amides is 2. The molecule has 8 heteroatoms. The molecule has 27 heavy (non-hydrogen) atoms. The monoisotopic (exact) mass is 376 g/mol. The highest BCUT2D eigenvalue weighted by molar-refractivity contribution is 5.80. The molecule has 0 radical (unpaired) electrons. The minimum atomic E-state index is -0.517. The Balaban J connectivity index is 1.66. The van der Waals surface area contributed by atoms with Crippen LogP contribution in [0.15, 0.2) is 21.9 Å². The highest BCUT2D eigenvalue weighted by atomic mass is 16.2. The van der Waals surface area contributed by atoms with Crippen molar-refractivity contribution < 1.29 is 9.59 Å². The van der Waals surface area contributed by atoms with Crippen LogP contribution in [0.1, 0.15) is 39.5 Å². The van der Waals surface area contributed by atoms with Gasteiger partial charge in [-0.15, -0.1) is 0 Å². The zero-order chi connectivity index (χ0) is 19.6. The molecule has 148 valence electrons. The van der Waals surface area contributed by atoms with E-state index in [0.29, 0.717) is 25.4 Å². The van der Waals surface area contributed by atoms with E-state index in [9.17, 15) is 19.2 Å². The number of carbonyl (C=O) groups excluding carboxylic acids is 2. The molecule has 1 aromatic rings. The maximum absolute atomic E-state index is 12.7. The molecule has 1 saturated carbocycles. The molecule has 0 aromatic carbocycles. The van der Waals surface area contributed by atoms with Gasteiger partial charge in [0.05, 0.1) is 6.04 Å². The van der Waals surface area contributed by atoms with E-state index < -0.39 is 11.2 Å². The summed E-state index contributed by atoms with van der Waals surface area (Å²) in [4.78, 5) is 54.2. The number of nitrogens with one attached hydrogen (secondary N) is 1. The SMILES string of the molecule is CC(C)[C@@H]1CN(C(=O)CCn2ccc(=O)[nH]c2=O)CCC(=O)N1CC1CC1. The maximum Gasteiger partial charge on any atom is 0.328 e. The lowest BCUT2D eigenvalue weighted by Crippen LogP contribution is -2.48. The summed E-state index contributed by atoms with van der Waals surface area (Å²) in [5, 5.41) is 0. The van der Waals surface area contributed by atoms with E-state index >= 15 is 0 Å². The maximum atomic E-state index is 12.7. The Hall–Kier alpha value is -2.38. The molecule has 1 aliphatic heterocycles. The lowest BCUT2D eigenvalue weighted by atomic mass is 10.0. The first kappa shape index (κ1) is 19.4. The number of nitrogens with zero attached hydrogens (tertiary/aromatic N) is 3. The first-order valence-electron chi connectivity index (χ1n) is 9.72. The number of rotatable bonds is 6. The molecule has 1 atom stereocenters. The molecule has 2 heterocycles. The van der Waals surface area contributed by atoms with Crippen LogP contribution in [-0.4, -0.2) is 56.8 Å². The second-order valence-corrected chi connectivity index (χ2v) is 7.94. The summed E-state index contributed by atoms with van der Waals surface area (Å²) < 4.78 is 1.32. The number of aromatic nitrogens is 2. The summed E-state index contributed by atoms with van der Waals surface area (Å²) in [6.07, 6.45) is 4.28. The first-order valence-corrected chi connectivity index (χ1v) is 9.72. The molecule has 2 amide bonds. The fraction of sp³-hybridized carbons (Fsp3) is 0.684. The third kappa shape index (κ3) is 4.87. The average Bonchev–Trinajstić information content (AvgIpc) is 3.43. The van der Waals surface area contributed by atoms with Crippen molar-refractivity contribution in [2.24, 2.45) is 11.8 Å². The topological polar surface area (TPSA) is 95.5 Å². The lowest BCUT2D eigenvalue weighted by molar-refractivity contribution is -0.134. The summed E-state index contributed by atoms with van der Waals surface area (Å²) in [7, 11) is 0. The Kier molecular flexibility index (Phi) is 5.82. The largest absolute Gasteiger partial charge is 0.340 e. The van der Waals surface area contributed by atoms with Crippen molar-refractivity contribution in [1.82, 2.24) is 19.4 Å². The van der Waals surface area contributed by atoms with Crippen molar-refractivity contribution in [3.05, 3.63) is 33.1 Å². The quantitative estimate of drug-likeness (QED) is 0.778. The summed E-state index contributed by atoms with van der Waals surface area (Å²) >= 11 is 0. The third-order valence-electron chi connectivity index (χ3n) is 5.46. The van der Waals surface area contributed by atoms with Crippen LogP contribution in [0.25, 0.3) is 0 Å². The fourth-order valence-corrected chi connectivity index (χ4v) is 3.58. The lowest BCUT2D eigenvalue weighted by Gasteiger charge is -2.34. The van der Waals surface area contributed by atoms with E-state index in [2.05, 4.69) is 18.8 Å².